The number of ether oxygens (including phenoxy) is 1. The van der Waals surface area contributed by atoms with E-state index in [9.17, 15) is 4.79 Å². The van der Waals surface area contributed by atoms with Gasteiger partial charge in [0, 0.05) is 31.6 Å². The lowest BCUT2D eigenvalue weighted by atomic mass is 9.91. The third-order valence-electron chi connectivity index (χ3n) is 5.88. The first-order chi connectivity index (χ1) is 10.6. The number of morpholine rings is 1. The van der Waals surface area contributed by atoms with Crippen molar-refractivity contribution in [1.82, 2.24) is 15.5 Å². The molecule has 3 fully saturated rings. The minimum absolute atomic E-state index is 0. The lowest BCUT2D eigenvalue weighted by molar-refractivity contribution is -0.123. The summed E-state index contributed by atoms with van der Waals surface area (Å²) in [6, 6.07) is 0.426. The highest BCUT2D eigenvalue weighted by Gasteiger charge is 2.57. The van der Waals surface area contributed by atoms with Gasteiger partial charge in [0.15, 0.2) is 0 Å². The van der Waals surface area contributed by atoms with Gasteiger partial charge >= 0.3 is 0 Å². The van der Waals surface area contributed by atoms with Crippen LogP contribution in [0.15, 0.2) is 0 Å². The second-order valence-electron chi connectivity index (χ2n) is 7.57. The lowest BCUT2D eigenvalue weighted by Crippen LogP contribution is -2.51. The average molecular weight is 382 g/mol. The van der Waals surface area contributed by atoms with Crippen LogP contribution in [0.4, 0.5) is 0 Å². The smallest absolute Gasteiger partial charge is 0.223 e. The molecule has 5 nitrogen and oxygen atoms in total. The maximum absolute atomic E-state index is 12.5. The van der Waals surface area contributed by atoms with Gasteiger partial charge in [0.05, 0.1) is 13.2 Å². The fourth-order valence-corrected chi connectivity index (χ4v) is 4.22. The molecule has 0 bridgehead atoms. The van der Waals surface area contributed by atoms with Gasteiger partial charge in [-0.25, -0.2) is 0 Å². The van der Waals surface area contributed by atoms with Crippen LogP contribution in [0.5, 0.6) is 0 Å². The molecule has 2 unspecified atom stereocenters. The largest absolute Gasteiger partial charge is 0.379 e. The molecule has 1 spiro atoms. The first kappa shape index (κ1) is 22.0. The van der Waals surface area contributed by atoms with Gasteiger partial charge < -0.3 is 15.4 Å². The highest BCUT2D eigenvalue weighted by Crippen LogP contribution is 2.58. The summed E-state index contributed by atoms with van der Waals surface area (Å²) in [6.07, 6.45) is 3.44. The molecule has 2 aliphatic heterocycles. The third kappa shape index (κ3) is 4.98. The Bertz CT molecular complexity index is 397. The minimum Gasteiger partial charge on any atom is -0.379 e. The van der Waals surface area contributed by atoms with Crippen LogP contribution in [0.3, 0.4) is 0 Å². The number of halogens is 2. The number of hydrogen-bond acceptors (Lipinski definition) is 4. The zero-order valence-electron chi connectivity index (χ0n) is 14.9. The first-order valence-corrected chi connectivity index (χ1v) is 8.93. The van der Waals surface area contributed by atoms with Gasteiger partial charge in [-0.3, -0.25) is 9.69 Å². The van der Waals surface area contributed by atoms with Crippen molar-refractivity contribution in [3.8, 4) is 0 Å². The molecule has 0 radical (unpaired) electrons. The van der Waals surface area contributed by atoms with E-state index in [-0.39, 0.29) is 30.7 Å². The van der Waals surface area contributed by atoms with Crippen LogP contribution in [0.1, 0.15) is 33.1 Å². The molecule has 3 rings (SSSR count). The molecule has 1 amide bonds. The topological polar surface area (TPSA) is 53.6 Å². The summed E-state index contributed by atoms with van der Waals surface area (Å²) in [5.74, 6) is 1.11. The van der Waals surface area contributed by atoms with Crippen LogP contribution in [0, 0.1) is 17.3 Å². The molecule has 0 aromatic heterocycles. The molecular weight excluding hydrogens is 349 g/mol. The average Bonchev–Trinajstić information content (AvgIpc) is 3.22. The molecular formula is C17H33Cl2N3O2. The maximum atomic E-state index is 12.5. The van der Waals surface area contributed by atoms with E-state index >= 15 is 0 Å². The van der Waals surface area contributed by atoms with Crippen LogP contribution in [-0.4, -0.2) is 62.8 Å². The number of amides is 1. The second-order valence-corrected chi connectivity index (χ2v) is 7.57. The van der Waals surface area contributed by atoms with Gasteiger partial charge in [-0.15, -0.1) is 24.8 Å². The number of hydrogen-bond donors (Lipinski definition) is 2. The summed E-state index contributed by atoms with van der Waals surface area (Å²) >= 11 is 0. The number of rotatable bonds is 5. The SMILES string of the molecule is CC(C)C(CNC(=O)C1CC12CCNCC2)N1CCOCC1.Cl.Cl. The van der Waals surface area contributed by atoms with Crippen LogP contribution < -0.4 is 10.6 Å². The summed E-state index contributed by atoms with van der Waals surface area (Å²) in [5.41, 5.74) is 0.335. The van der Waals surface area contributed by atoms with Gasteiger partial charge in [-0.1, -0.05) is 13.8 Å². The molecule has 2 heterocycles. The van der Waals surface area contributed by atoms with E-state index in [1.165, 1.54) is 12.8 Å². The molecule has 142 valence electrons. The number of carbonyl (C=O) groups is 1. The summed E-state index contributed by atoms with van der Waals surface area (Å²) in [6.45, 7) is 11.0. The molecule has 24 heavy (non-hydrogen) atoms. The zero-order valence-corrected chi connectivity index (χ0v) is 16.5. The van der Waals surface area contributed by atoms with E-state index < -0.39 is 0 Å². The minimum atomic E-state index is 0. The van der Waals surface area contributed by atoms with Crippen molar-refractivity contribution in [2.45, 2.75) is 39.2 Å². The Hall–Kier alpha value is -0.0700. The predicted molar refractivity (Wildman–Crippen MR) is 101 cm³/mol. The summed E-state index contributed by atoms with van der Waals surface area (Å²) in [5, 5.41) is 6.65. The highest BCUT2D eigenvalue weighted by atomic mass is 35.5. The Labute approximate surface area is 158 Å². The summed E-state index contributed by atoms with van der Waals surface area (Å²) in [4.78, 5) is 15.0. The Morgan fingerprint density at radius 3 is 2.46 bits per heavy atom. The Morgan fingerprint density at radius 2 is 1.88 bits per heavy atom. The summed E-state index contributed by atoms with van der Waals surface area (Å²) < 4.78 is 5.44. The first-order valence-electron chi connectivity index (χ1n) is 8.93. The van der Waals surface area contributed by atoms with Gasteiger partial charge in [-0.2, -0.15) is 0 Å². The van der Waals surface area contributed by atoms with Gasteiger partial charge in [-0.05, 0) is 43.7 Å². The fourth-order valence-electron chi connectivity index (χ4n) is 4.22. The molecule has 0 aromatic rings. The van der Waals surface area contributed by atoms with Crippen molar-refractivity contribution in [3.63, 3.8) is 0 Å². The van der Waals surface area contributed by atoms with E-state index in [1.807, 2.05) is 0 Å². The molecule has 1 aliphatic carbocycles. The van der Waals surface area contributed by atoms with Crippen LogP contribution in [0.25, 0.3) is 0 Å². The molecule has 0 aromatic carbocycles. The van der Waals surface area contributed by atoms with Crippen molar-refractivity contribution >= 4 is 30.7 Å². The maximum Gasteiger partial charge on any atom is 0.223 e. The van der Waals surface area contributed by atoms with Crippen LogP contribution >= 0.6 is 24.8 Å². The monoisotopic (exact) mass is 381 g/mol. The lowest BCUT2D eigenvalue weighted by Gasteiger charge is -2.37. The fraction of sp³-hybridized carbons (Fsp3) is 0.941. The Morgan fingerprint density at radius 1 is 1.25 bits per heavy atom. The normalized spacial score (nSPS) is 27.0. The second kappa shape index (κ2) is 9.58. The van der Waals surface area contributed by atoms with E-state index in [0.717, 1.165) is 52.4 Å². The number of carbonyl (C=O) groups excluding carboxylic acids is 1. The van der Waals surface area contributed by atoms with Gasteiger partial charge in [0.25, 0.3) is 0 Å². The number of piperidine rings is 1. The van der Waals surface area contributed by atoms with Crippen molar-refractivity contribution in [1.29, 1.82) is 0 Å². The quantitative estimate of drug-likeness (QED) is 0.760. The van der Waals surface area contributed by atoms with E-state index in [0.29, 0.717) is 23.3 Å². The predicted octanol–water partition coefficient (Wildman–Crippen LogP) is 1.69. The van der Waals surface area contributed by atoms with E-state index in [1.54, 1.807) is 0 Å². The van der Waals surface area contributed by atoms with Crippen molar-refractivity contribution < 1.29 is 9.53 Å². The summed E-state index contributed by atoms with van der Waals surface area (Å²) in [7, 11) is 0. The van der Waals surface area contributed by atoms with Crippen molar-refractivity contribution in [2.24, 2.45) is 17.3 Å². The highest BCUT2D eigenvalue weighted by molar-refractivity contribution is 5.85. The van der Waals surface area contributed by atoms with Gasteiger partial charge in [0.2, 0.25) is 5.91 Å². The molecule has 2 saturated heterocycles. The zero-order chi connectivity index (χ0) is 15.6. The van der Waals surface area contributed by atoms with Crippen molar-refractivity contribution in [3.05, 3.63) is 0 Å². The molecule has 3 aliphatic rings. The molecule has 2 atom stereocenters. The van der Waals surface area contributed by atoms with Gasteiger partial charge in [0.1, 0.15) is 0 Å². The number of nitrogens with one attached hydrogen (secondary N) is 2. The molecule has 7 heteroatoms. The third-order valence-corrected chi connectivity index (χ3v) is 5.88. The molecule has 1 saturated carbocycles. The Kier molecular flexibility index (Phi) is 8.77. The van der Waals surface area contributed by atoms with E-state index in [2.05, 4.69) is 29.4 Å². The van der Waals surface area contributed by atoms with Crippen LogP contribution in [-0.2, 0) is 9.53 Å². The molecule has 2 N–H and O–H groups in total. The number of nitrogens with zero attached hydrogens (tertiary/aromatic N) is 1. The van der Waals surface area contributed by atoms with Crippen molar-refractivity contribution in [2.75, 3.05) is 45.9 Å². The van der Waals surface area contributed by atoms with Crippen LogP contribution in [0.2, 0.25) is 0 Å². The van der Waals surface area contributed by atoms with E-state index in [4.69, 9.17) is 4.74 Å². The Balaban J connectivity index is 0.00000144. The standard InChI is InChI=1S/C17H31N3O2.2ClH/c1-13(2)15(20-7-9-22-10-8-20)12-19-16(21)14-11-17(14)3-5-18-6-4-17;;/h13-15,18H,3-12H2,1-2H3,(H,19,21);2*1H.